The molecule has 1 aliphatic heterocycles. The monoisotopic (exact) mass is 418 g/mol. The van der Waals surface area contributed by atoms with E-state index in [0.717, 1.165) is 23.6 Å². The van der Waals surface area contributed by atoms with Crippen LogP contribution in [0.3, 0.4) is 0 Å². The molecule has 1 fully saturated rings. The van der Waals surface area contributed by atoms with Crippen LogP contribution < -0.4 is 10.7 Å². The number of rotatable bonds is 1. The fourth-order valence-corrected chi connectivity index (χ4v) is 8.04. The number of fused-ring (bicyclic) bond motifs is 4. The van der Waals surface area contributed by atoms with Crippen LogP contribution in [0.25, 0.3) is 20.2 Å². The minimum atomic E-state index is -0.182. The second-order valence-electron chi connectivity index (χ2n) is 9.47. The van der Waals surface area contributed by atoms with Crippen LogP contribution in [0.4, 0.5) is 0 Å². The maximum Gasteiger partial charge on any atom is 0.151 e. The lowest BCUT2D eigenvalue weighted by Crippen LogP contribution is -2.26. The summed E-state index contributed by atoms with van der Waals surface area (Å²) in [6, 6.07) is 9.35. The standard InChI is InChI=1S/C25H26N2S2/c1-14-8-9-16(21-20(14)26-25(27-21)10-6-5-7-11-25)19-13-18-23(29-19)22-17(24(18,3)4)12-15(2)28-22/h8-9,12-13H,5-7,10-11H2,1-4H3. The number of benzene rings is 1. The lowest BCUT2D eigenvalue weighted by molar-refractivity contribution is 0.309. The molecular weight excluding hydrogens is 392 g/mol. The Morgan fingerprint density at radius 1 is 0.828 bits per heavy atom. The van der Waals surface area contributed by atoms with Crippen LogP contribution in [-0.4, -0.2) is 5.66 Å². The van der Waals surface area contributed by atoms with Gasteiger partial charge in [0.1, 0.15) is 0 Å². The van der Waals surface area contributed by atoms with Crippen molar-refractivity contribution in [1.29, 1.82) is 0 Å². The fourth-order valence-electron chi connectivity index (χ4n) is 5.37. The minimum Gasteiger partial charge on any atom is -0.253 e. The molecule has 0 unspecified atom stereocenters. The van der Waals surface area contributed by atoms with Gasteiger partial charge in [0.05, 0.1) is 10.7 Å². The third-order valence-electron chi connectivity index (χ3n) is 7.05. The normalized spacial score (nSPS) is 20.1. The Morgan fingerprint density at radius 3 is 2.31 bits per heavy atom. The van der Waals surface area contributed by atoms with Crippen molar-refractivity contribution in [3.63, 3.8) is 0 Å². The highest BCUT2D eigenvalue weighted by molar-refractivity contribution is 7.24. The molecule has 0 amide bonds. The van der Waals surface area contributed by atoms with Crippen LogP contribution >= 0.6 is 22.7 Å². The molecule has 3 aromatic rings. The Hall–Kier alpha value is -1.78. The predicted molar refractivity (Wildman–Crippen MR) is 123 cm³/mol. The van der Waals surface area contributed by atoms with E-state index in [1.54, 1.807) is 0 Å². The van der Waals surface area contributed by atoms with E-state index in [-0.39, 0.29) is 11.1 Å². The predicted octanol–water partition coefficient (Wildman–Crippen LogP) is 6.31. The van der Waals surface area contributed by atoms with Gasteiger partial charge in [-0.2, -0.15) is 0 Å². The average Bonchev–Trinajstić information content (AvgIpc) is 3.41. The highest BCUT2D eigenvalue weighted by Crippen LogP contribution is 2.56. The van der Waals surface area contributed by atoms with Gasteiger partial charge in [-0.25, -0.2) is 0 Å². The summed E-state index contributed by atoms with van der Waals surface area (Å²) in [6.45, 7) is 9.15. The molecule has 0 radical (unpaired) electrons. The summed E-state index contributed by atoms with van der Waals surface area (Å²) in [5, 5.41) is 2.29. The Kier molecular flexibility index (Phi) is 3.66. The Morgan fingerprint density at radius 2 is 1.52 bits per heavy atom. The molecule has 0 N–H and O–H groups in total. The van der Waals surface area contributed by atoms with Gasteiger partial charge in [-0.1, -0.05) is 32.4 Å². The molecule has 3 aliphatic rings. The zero-order valence-corrected chi connectivity index (χ0v) is 19.2. The first-order chi connectivity index (χ1) is 13.9. The van der Waals surface area contributed by atoms with Crippen molar-refractivity contribution in [2.75, 3.05) is 0 Å². The van der Waals surface area contributed by atoms with E-state index < -0.39 is 0 Å². The van der Waals surface area contributed by atoms with E-state index >= 15 is 0 Å². The van der Waals surface area contributed by atoms with Crippen molar-refractivity contribution in [3.05, 3.63) is 56.5 Å². The molecule has 2 aromatic heterocycles. The van der Waals surface area contributed by atoms with Crippen LogP contribution in [0, 0.1) is 13.8 Å². The van der Waals surface area contributed by atoms with Gasteiger partial charge in [0.2, 0.25) is 0 Å². The lowest BCUT2D eigenvalue weighted by Gasteiger charge is -2.27. The molecule has 0 saturated heterocycles. The Labute approximate surface area is 180 Å². The van der Waals surface area contributed by atoms with Gasteiger partial charge in [-0.05, 0) is 68.4 Å². The molecule has 29 heavy (non-hydrogen) atoms. The second-order valence-corrected chi connectivity index (χ2v) is 11.8. The van der Waals surface area contributed by atoms with Crippen molar-refractivity contribution in [2.45, 2.75) is 70.9 Å². The Bertz CT molecular complexity index is 1280. The summed E-state index contributed by atoms with van der Waals surface area (Å²) in [6.07, 6.45) is 6.03. The molecule has 2 aliphatic carbocycles. The summed E-state index contributed by atoms with van der Waals surface area (Å²) < 4.78 is 0. The molecule has 0 atom stereocenters. The number of hydrogen-bond donors (Lipinski definition) is 0. The van der Waals surface area contributed by atoms with E-state index in [9.17, 15) is 0 Å². The first kappa shape index (κ1) is 18.0. The number of aryl methyl sites for hydroxylation is 2. The van der Waals surface area contributed by atoms with Gasteiger partial charge < -0.3 is 0 Å². The summed E-state index contributed by atoms with van der Waals surface area (Å²) in [4.78, 5) is 16.2. The van der Waals surface area contributed by atoms with Crippen LogP contribution in [0.5, 0.6) is 0 Å². The molecule has 148 valence electrons. The van der Waals surface area contributed by atoms with Crippen LogP contribution in [0.2, 0.25) is 0 Å². The molecule has 3 heterocycles. The van der Waals surface area contributed by atoms with E-state index in [2.05, 4.69) is 52.0 Å². The summed E-state index contributed by atoms with van der Waals surface area (Å²) >= 11 is 3.89. The van der Waals surface area contributed by atoms with Gasteiger partial charge in [0.25, 0.3) is 0 Å². The van der Waals surface area contributed by atoms with Crippen molar-refractivity contribution < 1.29 is 0 Å². The molecule has 2 nitrogen and oxygen atoms in total. The van der Waals surface area contributed by atoms with Gasteiger partial charge in [0.15, 0.2) is 5.66 Å². The third kappa shape index (κ3) is 2.45. The van der Waals surface area contributed by atoms with Crippen LogP contribution in [0.15, 0.2) is 34.3 Å². The van der Waals surface area contributed by atoms with E-state index in [1.807, 2.05) is 22.7 Å². The maximum absolute atomic E-state index is 5.29. The molecular formula is C25H26N2S2. The molecule has 1 aromatic carbocycles. The molecule has 1 spiro atoms. The second kappa shape index (κ2) is 5.89. The van der Waals surface area contributed by atoms with Crippen LogP contribution in [0.1, 0.15) is 67.5 Å². The van der Waals surface area contributed by atoms with Crippen molar-refractivity contribution >= 4 is 22.7 Å². The SMILES string of the molecule is Cc1cc2c(s1)-c1sc(-c3ccc(C)c4c3=NC3(CCCCC3)N=4)cc1C2(C)C. The van der Waals surface area contributed by atoms with Crippen molar-refractivity contribution in [1.82, 2.24) is 0 Å². The van der Waals surface area contributed by atoms with Crippen LogP contribution in [-0.2, 0) is 5.41 Å². The number of hydrogen-bond acceptors (Lipinski definition) is 4. The van der Waals surface area contributed by atoms with Gasteiger partial charge in [-0.3, -0.25) is 9.98 Å². The molecule has 6 rings (SSSR count). The zero-order chi connectivity index (χ0) is 20.0. The zero-order valence-electron chi connectivity index (χ0n) is 17.6. The topological polar surface area (TPSA) is 24.7 Å². The van der Waals surface area contributed by atoms with E-state index in [0.29, 0.717) is 0 Å². The molecule has 4 heteroatoms. The summed E-state index contributed by atoms with van der Waals surface area (Å²) in [5.41, 5.74) is 5.43. The molecule has 1 saturated carbocycles. The minimum absolute atomic E-state index is 0.0875. The Balaban J connectivity index is 1.55. The largest absolute Gasteiger partial charge is 0.253 e. The lowest BCUT2D eigenvalue weighted by atomic mass is 9.83. The smallest absolute Gasteiger partial charge is 0.151 e. The highest BCUT2D eigenvalue weighted by Gasteiger charge is 2.39. The fraction of sp³-hybridized carbons (Fsp3) is 0.440. The first-order valence-electron chi connectivity index (χ1n) is 10.7. The summed E-state index contributed by atoms with van der Waals surface area (Å²) in [5.74, 6) is 0. The highest BCUT2D eigenvalue weighted by atomic mass is 32.1. The van der Waals surface area contributed by atoms with E-state index in [4.69, 9.17) is 9.98 Å². The average molecular weight is 419 g/mol. The third-order valence-corrected chi connectivity index (χ3v) is 9.44. The number of thiophene rings is 2. The quantitative estimate of drug-likeness (QED) is 0.442. The van der Waals surface area contributed by atoms with Gasteiger partial charge in [0, 0.05) is 30.5 Å². The van der Waals surface area contributed by atoms with Gasteiger partial charge in [-0.15, -0.1) is 22.7 Å². The number of nitrogens with zero attached hydrogens (tertiary/aromatic N) is 2. The van der Waals surface area contributed by atoms with Crippen molar-refractivity contribution in [2.24, 2.45) is 9.98 Å². The van der Waals surface area contributed by atoms with Gasteiger partial charge >= 0.3 is 0 Å². The maximum atomic E-state index is 5.29. The first-order valence-corrected chi connectivity index (χ1v) is 12.4. The van der Waals surface area contributed by atoms with E-state index in [1.165, 1.54) is 61.0 Å². The molecule has 0 bridgehead atoms. The summed E-state index contributed by atoms with van der Waals surface area (Å²) in [7, 11) is 0. The van der Waals surface area contributed by atoms with Crippen molar-refractivity contribution in [3.8, 4) is 20.2 Å².